The van der Waals surface area contributed by atoms with Gasteiger partial charge in [0.2, 0.25) is 0 Å². The predicted octanol–water partition coefficient (Wildman–Crippen LogP) is 4.01. The molecule has 3 heteroatoms. The highest BCUT2D eigenvalue weighted by Gasteiger charge is 2.15. The fourth-order valence-electron chi connectivity index (χ4n) is 2.18. The highest BCUT2D eigenvalue weighted by atomic mass is 35.5. The third-order valence-electron chi connectivity index (χ3n) is 3.30. The maximum Gasteiger partial charge on any atom is 0.119 e. The maximum absolute atomic E-state index is 6.33. The number of benzene rings is 2. The molecule has 2 aromatic carbocycles. The minimum Gasteiger partial charge on any atom is -0.497 e. The second-order valence-corrected chi connectivity index (χ2v) is 5.13. The molecule has 1 atom stereocenters. The Morgan fingerprint density at radius 2 is 1.74 bits per heavy atom. The standard InChI is InChI=1S/C16H18ClNO/c1-10-4-6-14(15(17)8-10)16(18)13-7-5-12(19-3)9-11(13)2/h4-9,16H,18H2,1-3H3. The molecule has 2 N–H and O–H groups in total. The molecule has 0 saturated heterocycles. The average Bonchev–Trinajstić information content (AvgIpc) is 2.37. The van der Waals surface area contributed by atoms with Crippen molar-refractivity contribution in [2.45, 2.75) is 19.9 Å². The van der Waals surface area contributed by atoms with Crippen molar-refractivity contribution in [1.29, 1.82) is 0 Å². The summed E-state index contributed by atoms with van der Waals surface area (Å²) in [6.45, 7) is 4.04. The first-order valence-electron chi connectivity index (χ1n) is 6.19. The van der Waals surface area contributed by atoms with Crippen LogP contribution in [-0.4, -0.2) is 7.11 Å². The van der Waals surface area contributed by atoms with Gasteiger partial charge in [0.15, 0.2) is 0 Å². The summed E-state index contributed by atoms with van der Waals surface area (Å²) in [5.74, 6) is 0.837. The Kier molecular flexibility index (Phi) is 4.13. The van der Waals surface area contributed by atoms with Crippen molar-refractivity contribution in [3.8, 4) is 5.75 Å². The van der Waals surface area contributed by atoms with Crippen LogP contribution in [0.2, 0.25) is 5.02 Å². The van der Waals surface area contributed by atoms with Crippen LogP contribution in [0.4, 0.5) is 0 Å². The molecule has 0 radical (unpaired) electrons. The van der Waals surface area contributed by atoms with Crippen molar-refractivity contribution in [2.75, 3.05) is 7.11 Å². The summed E-state index contributed by atoms with van der Waals surface area (Å²) < 4.78 is 5.21. The Bertz CT molecular complexity index is 595. The molecule has 0 aliphatic carbocycles. The van der Waals surface area contributed by atoms with Crippen molar-refractivity contribution >= 4 is 11.6 Å². The van der Waals surface area contributed by atoms with E-state index in [4.69, 9.17) is 22.1 Å². The van der Waals surface area contributed by atoms with Gasteiger partial charge in [-0.2, -0.15) is 0 Å². The Labute approximate surface area is 119 Å². The van der Waals surface area contributed by atoms with Gasteiger partial charge in [-0.05, 0) is 54.3 Å². The first-order chi connectivity index (χ1) is 9.02. The summed E-state index contributed by atoms with van der Waals surface area (Å²) in [6, 6.07) is 11.6. The first-order valence-corrected chi connectivity index (χ1v) is 6.57. The third kappa shape index (κ3) is 2.91. The van der Waals surface area contributed by atoms with Crippen LogP contribution in [0.5, 0.6) is 5.75 Å². The Morgan fingerprint density at radius 3 is 2.32 bits per heavy atom. The van der Waals surface area contributed by atoms with E-state index in [0.29, 0.717) is 5.02 Å². The molecule has 2 aromatic rings. The van der Waals surface area contributed by atoms with Crippen LogP contribution < -0.4 is 10.5 Å². The van der Waals surface area contributed by atoms with Crippen LogP contribution in [0, 0.1) is 13.8 Å². The molecule has 100 valence electrons. The number of methoxy groups -OCH3 is 1. The molecular formula is C16H18ClNO. The van der Waals surface area contributed by atoms with Crippen LogP contribution in [0.15, 0.2) is 36.4 Å². The zero-order valence-corrected chi connectivity index (χ0v) is 12.2. The Morgan fingerprint density at radius 1 is 1.05 bits per heavy atom. The van der Waals surface area contributed by atoms with E-state index in [-0.39, 0.29) is 6.04 Å². The summed E-state index contributed by atoms with van der Waals surface area (Å²) >= 11 is 6.28. The maximum atomic E-state index is 6.33. The van der Waals surface area contributed by atoms with Crippen molar-refractivity contribution in [3.05, 3.63) is 63.7 Å². The van der Waals surface area contributed by atoms with Crippen LogP contribution >= 0.6 is 11.6 Å². The number of ether oxygens (including phenoxy) is 1. The summed E-state index contributed by atoms with van der Waals surface area (Å²) in [4.78, 5) is 0. The third-order valence-corrected chi connectivity index (χ3v) is 3.63. The van der Waals surface area contributed by atoms with E-state index in [0.717, 1.165) is 28.0 Å². The molecule has 0 fully saturated rings. The fourth-order valence-corrected chi connectivity index (χ4v) is 2.53. The molecular weight excluding hydrogens is 258 g/mol. The van der Waals surface area contributed by atoms with Gasteiger partial charge < -0.3 is 10.5 Å². The van der Waals surface area contributed by atoms with Gasteiger partial charge in [0.25, 0.3) is 0 Å². The van der Waals surface area contributed by atoms with Crippen molar-refractivity contribution in [1.82, 2.24) is 0 Å². The lowest BCUT2D eigenvalue weighted by atomic mass is 9.95. The molecule has 0 bridgehead atoms. The second kappa shape index (κ2) is 5.64. The Hall–Kier alpha value is -1.51. The predicted molar refractivity (Wildman–Crippen MR) is 80.0 cm³/mol. The molecule has 19 heavy (non-hydrogen) atoms. The molecule has 2 nitrogen and oxygen atoms in total. The monoisotopic (exact) mass is 275 g/mol. The minimum absolute atomic E-state index is 0.223. The van der Waals surface area contributed by atoms with E-state index in [1.54, 1.807) is 7.11 Å². The minimum atomic E-state index is -0.223. The van der Waals surface area contributed by atoms with Gasteiger partial charge in [-0.1, -0.05) is 29.8 Å². The van der Waals surface area contributed by atoms with Gasteiger partial charge >= 0.3 is 0 Å². The van der Waals surface area contributed by atoms with Crippen molar-refractivity contribution in [3.63, 3.8) is 0 Å². The fraction of sp³-hybridized carbons (Fsp3) is 0.250. The SMILES string of the molecule is COc1ccc(C(N)c2ccc(C)cc2Cl)c(C)c1. The first kappa shape index (κ1) is 13.9. The van der Waals surface area contributed by atoms with Crippen LogP contribution in [0.25, 0.3) is 0 Å². The lowest BCUT2D eigenvalue weighted by molar-refractivity contribution is 0.414. The van der Waals surface area contributed by atoms with Gasteiger partial charge in [-0.25, -0.2) is 0 Å². The van der Waals surface area contributed by atoms with E-state index < -0.39 is 0 Å². The van der Waals surface area contributed by atoms with Gasteiger partial charge in [-0.3, -0.25) is 0 Å². The topological polar surface area (TPSA) is 35.2 Å². The highest BCUT2D eigenvalue weighted by Crippen LogP contribution is 2.30. The van der Waals surface area contributed by atoms with E-state index >= 15 is 0 Å². The Balaban J connectivity index is 2.41. The summed E-state index contributed by atoms with van der Waals surface area (Å²) in [5, 5.41) is 0.711. The number of halogens is 1. The van der Waals surface area contributed by atoms with E-state index in [1.807, 2.05) is 50.2 Å². The second-order valence-electron chi connectivity index (χ2n) is 4.73. The number of nitrogens with two attached hydrogens (primary N) is 1. The molecule has 0 aromatic heterocycles. The highest BCUT2D eigenvalue weighted by molar-refractivity contribution is 6.31. The van der Waals surface area contributed by atoms with Gasteiger partial charge in [0.1, 0.15) is 5.75 Å². The summed E-state index contributed by atoms with van der Waals surface area (Å²) in [5.41, 5.74) is 10.6. The van der Waals surface area contributed by atoms with Gasteiger partial charge in [0, 0.05) is 5.02 Å². The molecule has 0 aliphatic rings. The lowest BCUT2D eigenvalue weighted by Gasteiger charge is -2.17. The number of aryl methyl sites for hydroxylation is 2. The van der Waals surface area contributed by atoms with Crippen LogP contribution in [0.1, 0.15) is 28.3 Å². The zero-order chi connectivity index (χ0) is 14.0. The number of hydrogen-bond acceptors (Lipinski definition) is 2. The van der Waals surface area contributed by atoms with Crippen molar-refractivity contribution < 1.29 is 4.74 Å². The van der Waals surface area contributed by atoms with Gasteiger partial charge in [0.05, 0.1) is 13.2 Å². The average molecular weight is 276 g/mol. The van der Waals surface area contributed by atoms with Crippen LogP contribution in [-0.2, 0) is 0 Å². The quantitative estimate of drug-likeness (QED) is 0.918. The molecule has 0 heterocycles. The summed E-state index contributed by atoms with van der Waals surface area (Å²) in [7, 11) is 1.66. The van der Waals surface area contributed by atoms with Crippen molar-refractivity contribution in [2.24, 2.45) is 5.73 Å². The number of rotatable bonds is 3. The van der Waals surface area contributed by atoms with Gasteiger partial charge in [-0.15, -0.1) is 0 Å². The van der Waals surface area contributed by atoms with E-state index in [9.17, 15) is 0 Å². The molecule has 0 amide bonds. The molecule has 2 rings (SSSR count). The molecule has 0 spiro atoms. The van der Waals surface area contributed by atoms with Crippen LogP contribution in [0.3, 0.4) is 0 Å². The lowest BCUT2D eigenvalue weighted by Crippen LogP contribution is -2.14. The summed E-state index contributed by atoms with van der Waals surface area (Å²) in [6.07, 6.45) is 0. The van der Waals surface area contributed by atoms with E-state index in [2.05, 4.69) is 0 Å². The smallest absolute Gasteiger partial charge is 0.119 e. The normalized spacial score (nSPS) is 12.3. The molecule has 0 aliphatic heterocycles. The largest absolute Gasteiger partial charge is 0.497 e. The molecule has 0 saturated carbocycles. The van der Waals surface area contributed by atoms with E-state index in [1.165, 1.54) is 0 Å². The molecule has 1 unspecified atom stereocenters. The zero-order valence-electron chi connectivity index (χ0n) is 11.4. The number of hydrogen-bond donors (Lipinski definition) is 1.